The van der Waals surface area contributed by atoms with Gasteiger partial charge in [0.15, 0.2) is 5.43 Å². The van der Waals surface area contributed by atoms with Crippen molar-refractivity contribution in [3.63, 3.8) is 0 Å². The SMILES string of the molecule is CCCCOc1cccc2oc(-c3cccc(N)c3)cc(=O)c12. The van der Waals surface area contributed by atoms with Gasteiger partial charge in [-0.2, -0.15) is 0 Å². The molecule has 0 saturated carbocycles. The first-order valence-corrected chi connectivity index (χ1v) is 7.74. The van der Waals surface area contributed by atoms with Crippen LogP contribution in [0.1, 0.15) is 19.8 Å². The Bertz CT molecular complexity index is 883. The van der Waals surface area contributed by atoms with Crippen LogP contribution in [0.2, 0.25) is 0 Å². The molecule has 2 N–H and O–H groups in total. The first-order chi connectivity index (χ1) is 11.2. The van der Waals surface area contributed by atoms with E-state index in [2.05, 4.69) is 6.92 Å². The second-order valence-corrected chi connectivity index (χ2v) is 5.43. The van der Waals surface area contributed by atoms with Gasteiger partial charge in [0.1, 0.15) is 22.5 Å². The Labute approximate surface area is 134 Å². The summed E-state index contributed by atoms with van der Waals surface area (Å²) in [5.74, 6) is 1.07. The Morgan fingerprint density at radius 1 is 1.13 bits per heavy atom. The molecular formula is C19H19NO3. The summed E-state index contributed by atoms with van der Waals surface area (Å²) in [6, 6.07) is 14.2. The van der Waals surface area contributed by atoms with E-state index in [0.717, 1.165) is 18.4 Å². The van der Waals surface area contributed by atoms with Crippen LogP contribution in [0.15, 0.2) is 57.7 Å². The van der Waals surface area contributed by atoms with Gasteiger partial charge < -0.3 is 14.9 Å². The number of fused-ring (bicyclic) bond motifs is 1. The van der Waals surface area contributed by atoms with E-state index in [4.69, 9.17) is 14.9 Å². The maximum Gasteiger partial charge on any atom is 0.197 e. The van der Waals surface area contributed by atoms with Gasteiger partial charge in [0.25, 0.3) is 0 Å². The third-order valence-corrected chi connectivity index (χ3v) is 3.64. The van der Waals surface area contributed by atoms with Gasteiger partial charge in [0.2, 0.25) is 0 Å². The Kier molecular flexibility index (Phi) is 4.33. The Hall–Kier alpha value is -2.75. The van der Waals surface area contributed by atoms with E-state index in [1.165, 1.54) is 6.07 Å². The summed E-state index contributed by atoms with van der Waals surface area (Å²) >= 11 is 0. The number of ether oxygens (including phenoxy) is 1. The Morgan fingerprint density at radius 2 is 1.96 bits per heavy atom. The van der Waals surface area contributed by atoms with E-state index < -0.39 is 0 Å². The summed E-state index contributed by atoms with van der Waals surface area (Å²) in [5.41, 5.74) is 7.61. The number of benzene rings is 2. The highest BCUT2D eigenvalue weighted by Crippen LogP contribution is 2.28. The number of hydrogen-bond acceptors (Lipinski definition) is 4. The summed E-state index contributed by atoms with van der Waals surface area (Å²) in [7, 11) is 0. The molecule has 0 atom stereocenters. The fraction of sp³-hybridized carbons (Fsp3) is 0.211. The Balaban J connectivity index is 2.07. The van der Waals surface area contributed by atoms with E-state index in [9.17, 15) is 4.79 Å². The maximum absolute atomic E-state index is 12.5. The van der Waals surface area contributed by atoms with Gasteiger partial charge >= 0.3 is 0 Å². The largest absolute Gasteiger partial charge is 0.493 e. The third-order valence-electron chi connectivity index (χ3n) is 3.64. The number of nitrogen functional groups attached to an aromatic ring is 1. The number of nitrogens with two attached hydrogens (primary N) is 1. The standard InChI is InChI=1S/C19H19NO3/c1-2-3-10-22-16-8-5-9-17-19(16)15(21)12-18(23-17)13-6-4-7-14(20)11-13/h4-9,11-12H,2-3,10,20H2,1H3. The van der Waals surface area contributed by atoms with Crippen molar-refractivity contribution in [2.24, 2.45) is 0 Å². The molecule has 0 aliphatic carbocycles. The van der Waals surface area contributed by atoms with Gasteiger partial charge in [-0.25, -0.2) is 0 Å². The second-order valence-electron chi connectivity index (χ2n) is 5.43. The fourth-order valence-corrected chi connectivity index (χ4v) is 2.46. The summed E-state index contributed by atoms with van der Waals surface area (Å²) < 4.78 is 11.6. The summed E-state index contributed by atoms with van der Waals surface area (Å²) in [6.45, 7) is 2.69. The summed E-state index contributed by atoms with van der Waals surface area (Å²) in [5, 5.41) is 0.483. The molecule has 4 heteroatoms. The van der Waals surface area contributed by atoms with Crippen LogP contribution in [0.5, 0.6) is 5.75 Å². The van der Waals surface area contributed by atoms with Gasteiger partial charge in [0.05, 0.1) is 6.61 Å². The molecule has 118 valence electrons. The van der Waals surface area contributed by atoms with Crippen LogP contribution in [0.25, 0.3) is 22.3 Å². The van der Waals surface area contributed by atoms with Crippen LogP contribution in [-0.4, -0.2) is 6.61 Å². The lowest BCUT2D eigenvalue weighted by Gasteiger charge is -2.09. The van der Waals surface area contributed by atoms with Crippen molar-refractivity contribution in [1.29, 1.82) is 0 Å². The zero-order valence-corrected chi connectivity index (χ0v) is 13.0. The molecule has 3 aromatic rings. The molecule has 23 heavy (non-hydrogen) atoms. The minimum absolute atomic E-state index is 0.115. The highest BCUT2D eigenvalue weighted by Gasteiger charge is 2.11. The molecule has 0 unspecified atom stereocenters. The Morgan fingerprint density at radius 3 is 2.74 bits per heavy atom. The topological polar surface area (TPSA) is 65.5 Å². The van der Waals surface area contributed by atoms with Gasteiger partial charge in [-0.3, -0.25) is 4.79 Å². The highest BCUT2D eigenvalue weighted by atomic mass is 16.5. The van der Waals surface area contributed by atoms with Crippen LogP contribution in [0, 0.1) is 0 Å². The van der Waals surface area contributed by atoms with Crippen molar-refractivity contribution in [2.45, 2.75) is 19.8 Å². The number of anilines is 1. The third kappa shape index (κ3) is 3.21. The van der Waals surface area contributed by atoms with Crippen molar-refractivity contribution < 1.29 is 9.15 Å². The van der Waals surface area contributed by atoms with E-state index in [-0.39, 0.29) is 5.43 Å². The van der Waals surface area contributed by atoms with Crippen molar-refractivity contribution in [3.8, 4) is 17.1 Å². The molecule has 0 aliphatic heterocycles. The van der Waals surface area contributed by atoms with Crippen LogP contribution >= 0.6 is 0 Å². The van der Waals surface area contributed by atoms with E-state index in [1.54, 1.807) is 24.3 Å². The molecule has 0 saturated heterocycles. The molecule has 0 radical (unpaired) electrons. The van der Waals surface area contributed by atoms with Crippen LogP contribution in [0.4, 0.5) is 5.69 Å². The molecule has 0 amide bonds. The first kappa shape index (κ1) is 15.2. The smallest absolute Gasteiger partial charge is 0.197 e. The van der Waals surface area contributed by atoms with Crippen molar-refractivity contribution in [3.05, 3.63) is 58.8 Å². The van der Waals surface area contributed by atoms with Crippen molar-refractivity contribution in [2.75, 3.05) is 12.3 Å². The van der Waals surface area contributed by atoms with Gasteiger partial charge in [0, 0.05) is 17.3 Å². The number of hydrogen-bond donors (Lipinski definition) is 1. The van der Waals surface area contributed by atoms with Crippen LogP contribution < -0.4 is 15.9 Å². The average Bonchev–Trinajstić information content (AvgIpc) is 2.55. The zero-order valence-electron chi connectivity index (χ0n) is 13.0. The summed E-state index contributed by atoms with van der Waals surface area (Å²) in [6.07, 6.45) is 1.99. The lowest BCUT2D eigenvalue weighted by atomic mass is 10.1. The molecule has 0 fully saturated rings. The van der Waals surface area contributed by atoms with Crippen molar-refractivity contribution in [1.82, 2.24) is 0 Å². The maximum atomic E-state index is 12.5. The van der Waals surface area contributed by atoms with Gasteiger partial charge in [-0.05, 0) is 30.7 Å². The van der Waals surface area contributed by atoms with E-state index in [1.807, 2.05) is 18.2 Å². The number of rotatable bonds is 5. The zero-order chi connectivity index (χ0) is 16.2. The minimum Gasteiger partial charge on any atom is -0.493 e. The van der Waals surface area contributed by atoms with Gasteiger partial charge in [-0.1, -0.05) is 31.5 Å². The highest BCUT2D eigenvalue weighted by molar-refractivity contribution is 5.85. The molecule has 4 nitrogen and oxygen atoms in total. The lowest BCUT2D eigenvalue weighted by Crippen LogP contribution is -2.05. The van der Waals surface area contributed by atoms with E-state index >= 15 is 0 Å². The molecule has 2 aromatic carbocycles. The predicted octanol–water partition coefficient (Wildman–Crippen LogP) is 4.22. The van der Waals surface area contributed by atoms with Gasteiger partial charge in [-0.15, -0.1) is 0 Å². The second kappa shape index (κ2) is 6.57. The molecule has 3 rings (SSSR count). The molecule has 0 bridgehead atoms. The minimum atomic E-state index is -0.115. The number of unbranched alkanes of at least 4 members (excludes halogenated alkanes) is 1. The molecule has 1 heterocycles. The fourth-order valence-electron chi connectivity index (χ4n) is 2.46. The average molecular weight is 309 g/mol. The predicted molar refractivity (Wildman–Crippen MR) is 92.7 cm³/mol. The molecule has 1 aromatic heterocycles. The monoisotopic (exact) mass is 309 g/mol. The molecular weight excluding hydrogens is 290 g/mol. The summed E-state index contributed by atoms with van der Waals surface area (Å²) in [4.78, 5) is 12.5. The van der Waals surface area contributed by atoms with Crippen LogP contribution in [-0.2, 0) is 0 Å². The quantitative estimate of drug-likeness (QED) is 0.566. The first-order valence-electron chi connectivity index (χ1n) is 7.74. The normalized spacial score (nSPS) is 10.8. The van der Waals surface area contributed by atoms with E-state index in [0.29, 0.717) is 34.8 Å². The molecule has 0 spiro atoms. The lowest BCUT2D eigenvalue weighted by molar-refractivity contribution is 0.312. The molecule has 0 aliphatic rings. The van der Waals surface area contributed by atoms with Crippen molar-refractivity contribution >= 4 is 16.7 Å². The van der Waals surface area contributed by atoms with Crippen LogP contribution in [0.3, 0.4) is 0 Å².